The van der Waals surface area contributed by atoms with Crippen LogP contribution in [0.5, 0.6) is 23.0 Å². The van der Waals surface area contributed by atoms with Crippen LogP contribution in [0.15, 0.2) is 100 Å². The van der Waals surface area contributed by atoms with Crippen molar-refractivity contribution in [3.8, 4) is 23.0 Å². The van der Waals surface area contributed by atoms with Crippen molar-refractivity contribution in [3.63, 3.8) is 0 Å². The van der Waals surface area contributed by atoms with Gasteiger partial charge in [-0.3, -0.25) is 4.79 Å². The van der Waals surface area contributed by atoms with Gasteiger partial charge in [0.1, 0.15) is 23.0 Å². The average molecular weight is 690 g/mol. The molecule has 0 saturated heterocycles. The largest absolute Gasteiger partial charge is 0.496 e. The van der Waals surface area contributed by atoms with Gasteiger partial charge >= 0.3 is 0 Å². The normalized spacial score (nSPS) is 17.1. The number of rotatable bonds is 14. The molecule has 0 radical (unpaired) electrons. The van der Waals surface area contributed by atoms with Crippen molar-refractivity contribution in [3.05, 3.63) is 118 Å². The highest BCUT2D eigenvalue weighted by Crippen LogP contribution is 2.43. The molecule has 1 amide bonds. The summed E-state index contributed by atoms with van der Waals surface area (Å²) in [7, 11) is 4.69. The second-order valence-electron chi connectivity index (χ2n) is 10.7. The number of carbonyl (C=O) groups excluding carboxylic acids is 1. The molecule has 0 fully saturated rings. The van der Waals surface area contributed by atoms with Crippen LogP contribution in [0.1, 0.15) is 34.8 Å². The summed E-state index contributed by atoms with van der Waals surface area (Å²) in [6, 6.07) is 28.4. The molecule has 2 atom stereocenters. The highest BCUT2D eigenvalue weighted by atomic mass is 79.9. The molecule has 0 bridgehead atoms. The molecule has 1 aliphatic heterocycles. The summed E-state index contributed by atoms with van der Waals surface area (Å²) in [6.07, 6.45) is 0.0805. The number of nitrogens with zero attached hydrogens (tertiary/aromatic N) is 1. The predicted molar refractivity (Wildman–Crippen MR) is 179 cm³/mol. The van der Waals surface area contributed by atoms with Crippen molar-refractivity contribution in [2.45, 2.75) is 31.0 Å². The molecule has 0 saturated carbocycles. The fraction of sp³-hybridized carbons (Fsp3) is 0.278. The SMILES string of the molecule is COc1cc(OC)c(CNC(=O)[C@]2(Cc3ccccc3)N=C(c3ccc(OCCCO)cc3)O[C@@H]2c2ccc(Br)cc2)c(OC)c1. The molecule has 240 valence electrons. The molecule has 0 spiro atoms. The molecule has 10 heteroatoms. The molecule has 5 rings (SSSR count). The fourth-order valence-corrected chi connectivity index (χ4v) is 5.67. The van der Waals surface area contributed by atoms with Crippen LogP contribution in [0.2, 0.25) is 0 Å². The Bertz CT molecular complexity index is 1620. The van der Waals surface area contributed by atoms with Gasteiger partial charge in [0.2, 0.25) is 5.90 Å². The van der Waals surface area contributed by atoms with Crippen molar-refractivity contribution in [2.24, 2.45) is 4.99 Å². The first-order valence-corrected chi connectivity index (χ1v) is 15.7. The number of aliphatic imine (C=N–C) groups is 1. The number of amides is 1. The van der Waals surface area contributed by atoms with E-state index in [9.17, 15) is 4.79 Å². The molecule has 9 nitrogen and oxygen atoms in total. The molecule has 1 heterocycles. The summed E-state index contributed by atoms with van der Waals surface area (Å²) in [4.78, 5) is 19.8. The Balaban J connectivity index is 1.56. The Morgan fingerprint density at radius 1 is 0.913 bits per heavy atom. The Morgan fingerprint density at radius 2 is 1.59 bits per heavy atom. The summed E-state index contributed by atoms with van der Waals surface area (Å²) in [5.41, 5.74) is 1.73. The van der Waals surface area contributed by atoms with E-state index in [1.807, 2.05) is 78.9 Å². The van der Waals surface area contributed by atoms with E-state index in [2.05, 4.69) is 21.2 Å². The number of nitrogens with one attached hydrogen (secondary N) is 1. The lowest BCUT2D eigenvalue weighted by Gasteiger charge is -2.31. The number of carbonyl (C=O) groups is 1. The lowest BCUT2D eigenvalue weighted by molar-refractivity contribution is -0.129. The van der Waals surface area contributed by atoms with Crippen molar-refractivity contribution in [2.75, 3.05) is 34.5 Å². The standard InChI is InChI=1S/C36H37BrN2O7/c1-42-29-20-31(43-2)30(32(21-29)44-3)23-38-35(41)36(22-24-8-5-4-6-9-24)33(25-10-14-27(37)15-11-25)46-34(39-36)26-12-16-28(17-13-26)45-19-7-18-40/h4-6,8-17,20-21,33,40H,7,18-19,22-23H2,1-3H3,(H,38,41)/t33-,36-/m1/s1. The van der Waals surface area contributed by atoms with E-state index >= 15 is 0 Å². The number of methoxy groups -OCH3 is 3. The van der Waals surface area contributed by atoms with Gasteiger partial charge in [0, 0.05) is 41.6 Å². The summed E-state index contributed by atoms with van der Waals surface area (Å²) in [6.45, 7) is 0.580. The van der Waals surface area contributed by atoms with Crippen molar-refractivity contribution in [1.29, 1.82) is 0 Å². The zero-order chi connectivity index (χ0) is 32.5. The summed E-state index contributed by atoms with van der Waals surface area (Å²) in [5.74, 6) is 2.31. The van der Waals surface area contributed by atoms with Crippen molar-refractivity contribution in [1.82, 2.24) is 5.32 Å². The number of hydrogen-bond acceptors (Lipinski definition) is 8. The quantitative estimate of drug-likeness (QED) is 0.155. The topological polar surface area (TPSA) is 108 Å². The van der Waals surface area contributed by atoms with Gasteiger partial charge in [-0.25, -0.2) is 4.99 Å². The van der Waals surface area contributed by atoms with Gasteiger partial charge in [-0.15, -0.1) is 0 Å². The minimum absolute atomic E-state index is 0.0593. The van der Waals surface area contributed by atoms with Crippen LogP contribution in [-0.2, 0) is 22.5 Å². The molecular formula is C36H37BrN2O7. The third-order valence-electron chi connectivity index (χ3n) is 7.76. The zero-order valence-corrected chi connectivity index (χ0v) is 27.6. The second kappa shape index (κ2) is 15.2. The predicted octanol–water partition coefficient (Wildman–Crippen LogP) is 6.05. The number of aliphatic hydroxyl groups is 1. The van der Waals surface area contributed by atoms with Gasteiger partial charge in [0.25, 0.3) is 5.91 Å². The third-order valence-corrected chi connectivity index (χ3v) is 8.29. The Kier molecular flexibility index (Phi) is 10.8. The van der Waals surface area contributed by atoms with Gasteiger partial charge < -0.3 is 34.1 Å². The van der Waals surface area contributed by atoms with Crippen LogP contribution < -0.4 is 24.3 Å². The molecular weight excluding hydrogens is 652 g/mol. The van der Waals surface area contributed by atoms with Gasteiger partial charge in [0.05, 0.1) is 40.0 Å². The zero-order valence-electron chi connectivity index (χ0n) is 26.0. The monoisotopic (exact) mass is 688 g/mol. The van der Waals surface area contributed by atoms with E-state index in [4.69, 9.17) is 33.8 Å². The molecule has 0 unspecified atom stereocenters. The molecule has 0 aliphatic carbocycles. The number of benzene rings is 4. The van der Waals surface area contributed by atoms with Crippen molar-refractivity contribution >= 4 is 27.7 Å². The highest BCUT2D eigenvalue weighted by Gasteiger charge is 2.53. The van der Waals surface area contributed by atoms with Crippen LogP contribution in [0.3, 0.4) is 0 Å². The lowest BCUT2D eigenvalue weighted by atomic mass is 9.82. The Labute approximate surface area is 277 Å². The van der Waals surface area contributed by atoms with Crippen LogP contribution in [0.4, 0.5) is 0 Å². The Morgan fingerprint density at radius 3 is 2.20 bits per heavy atom. The first kappa shape index (κ1) is 32.8. The number of ether oxygens (including phenoxy) is 5. The Hall–Kier alpha value is -4.54. The number of halogens is 1. The molecule has 1 aliphatic rings. The van der Waals surface area contributed by atoms with Gasteiger partial charge in [-0.05, 0) is 47.5 Å². The summed E-state index contributed by atoms with van der Waals surface area (Å²) >= 11 is 3.52. The minimum atomic E-state index is -1.37. The van der Waals surface area contributed by atoms with Gasteiger partial charge in [-0.2, -0.15) is 0 Å². The maximum atomic E-state index is 14.6. The number of hydrogen-bond donors (Lipinski definition) is 2. The molecule has 0 aromatic heterocycles. The number of aliphatic hydroxyl groups excluding tert-OH is 1. The van der Waals surface area contributed by atoms with E-state index in [1.54, 1.807) is 33.5 Å². The molecule has 4 aromatic rings. The van der Waals surface area contributed by atoms with Gasteiger partial charge in [0.15, 0.2) is 11.6 Å². The van der Waals surface area contributed by atoms with Gasteiger partial charge in [-0.1, -0.05) is 58.4 Å². The van der Waals surface area contributed by atoms with E-state index in [0.717, 1.165) is 15.6 Å². The van der Waals surface area contributed by atoms with E-state index < -0.39 is 11.6 Å². The maximum Gasteiger partial charge on any atom is 0.252 e. The van der Waals surface area contributed by atoms with Crippen LogP contribution in [0, 0.1) is 0 Å². The van der Waals surface area contributed by atoms with E-state index in [-0.39, 0.29) is 25.5 Å². The van der Waals surface area contributed by atoms with Crippen molar-refractivity contribution < 1.29 is 33.6 Å². The summed E-state index contributed by atoms with van der Waals surface area (Å²) in [5, 5.41) is 12.2. The van der Waals surface area contributed by atoms with Crippen LogP contribution in [-0.4, -0.2) is 57.0 Å². The minimum Gasteiger partial charge on any atom is -0.496 e. The third kappa shape index (κ3) is 7.29. The molecule has 4 aromatic carbocycles. The maximum absolute atomic E-state index is 14.6. The average Bonchev–Trinajstić information content (AvgIpc) is 3.48. The molecule has 2 N–H and O–H groups in total. The highest BCUT2D eigenvalue weighted by molar-refractivity contribution is 9.10. The first-order valence-electron chi connectivity index (χ1n) is 14.9. The smallest absolute Gasteiger partial charge is 0.252 e. The second-order valence-corrected chi connectivity index (χ2v) is 11.6. The lowest BCUT2D eigenvalue weighted by Crippen LogP contribution is -2.49. The van der Waals surface area contributed by atoms with Crippen LogP contribution in [0.25, 0.3) is 0 Å². The fourth-order valence-electron chi connectivity index (χ4n) is 5.40. The molecule has 46 heavy (non-hydrogen) atoms. The summed E-state index contributed by atoms with van der Waals surface area (Å²) < 4.78 is 29.9. The van der Waals surface area contributed by atoms with E-state index in [1.165, 1.54) is 0 Å². The first-order chi connectivity index (χ1) is 22.4. The van der Waals surface area contributed by atoms with Crippen LogP contribution >= 0.6 is 15.9 Å². The van der Waals surface area contributed by atoms with E-state index in [0.29, 0.717) is 53.1 Å².